The van der Waals surface area contributed by atoms with Crippen LogP contribution in [0.5, 0.6) is 0 Å². The van der Waals surface area contributed by atoms with E-state index in [-0.39, 0.29) is 17.3 Å². The van der Waals surface area contributed by atoms with Crippen LogP contribution in [0.1, 0.15) is 37.7 Å². The normalized spacial score (nSPS) is 15.9. The van der Waals surface area contributed by atoms with Crippen molar-refractivity contribution in [2.75, 3.05) is 0 Å². The summed E-state index contributed by atoms with van der Waals surface area (Å²) in [5.41, 5.74) is 0.356. The fourth-order valence-electron chi connectivity index (χ4n) is 2.55. The van der Waals surface area contributed by atoms with E-state index in [0.717, 1.165) is 25.7 Å². The molecule has 0 unspecified atom stereocenters. The van der Waals surface area contributed by atoms with Crippen LogP contribution < -0.4 is 5.32 Å². The Morgan fingerprint density at radius 2 is 2.09 bits per heavy atom. The van der Waals surface area contributed by atoms with Crippen molar-refractivity contribution >= 4 is 17.7 Å². The molecule has 1 aliphatic rings. The Balaban J connectivity index is 2.12. The quantitative estimate of drug-likeness (QED) is 0.400. The Hall–Kier alpha value is -2.68. The van der Waals surface area contributed by atoms with Crippen molar-refractivity contribution in [3.63, 3.8) is 0 Å². The zero-order valence-electron chi connectivity index (χ0n) is 12.1. The molecule has 0 atom stereocenters. The van der Waals surface area contributed by atoms with Gasteiger partial charge in [0.15, 0.2) is 0 Å². The first-order chi connectivity index (χ1) is 10.6. The van der Waals surface area contributed by atoms with Crippen LogP contribution in [0.15, 0.2) is 29.8 Å². The highest BCUT2D eigenvalue weighted by atomic mass is 16.6. The van der Waals surface area contributed by atoms with Gasteiger partial charge in [0, 0.05) is 18.2 Å². The number of benzene rings is 1. The number of nitro groups is 1. The number of nitro benzene ring substituents is 1. The topological polar surface area (TPSA) is 96.0 Å². The van der Waals surface area contributed by atoms with E-state index >= 15 is 0 Å². The summed E-state index contributed by atoms with van der Waals surface area (Å²) in [6.45, 7) is 0. The molecule has 1 saturated carbocycles. The Morgan fingerprint density at radius 1 is 1.36 bits per heavy atom. The zero-order valence-corrected chi connectivity index (χ0v) is 12.1. The zero-order chi connectivity index (χ0) is 15.9. The average Bonchev–Trinajstić information content (AvgIpc) is 2.53. The summed E-state index contributed by atoms with van der Waals surface area (Å²) < 4.78 is 0. The van der Waals surface area contributed by atoms with E-state index in [9.17, 15) is 14.9 Å². The molecule has 6 nitrogen and oxygen atoms in total. The molecule has 6 heteroatoms. The van der Waals surface area contributed by atoms with E-state index in [1.165, 1.54) is 30.7 Å². The minimum absolute atomic E-state index is 0.0360. The molecule has 0 spiro atoms. The summed E-state index contributed by atoms with van der Waals surface area (Å²) in [5.74, 6) is -0.416. The predicted octanol–water partition coefficient (Wildman–Crippen LogP) is 2.95. The van der Waals surface area contributed by atoms with Gasteiger partial charge in [0.1, 0.15) is 11.6 Å². The summed E-state index contributed by atoms with van der Waals surface area (Å²) in [5, 5.41) is 22.8. The van der Waals surface area contributed by atoms with E-state index in [2.05, 4.69) is 5.32 Å². The molecule has 1 fully saturated rings. The number of carbonyl (C=O) groups excluding carboxylic acids is 1. The van der Waals surface area contributed by atoms with E-state index in [0.29, 0.717) is 5.56 Å². The average molecular weight is 299 g/mol. The molecule has 0 aliphatic heterocycles. The second kappa shape index (κ2) is 7.36. The number of amides is 1. The van der Waals surface area contributed by atoms with Gasteiger partial charge in [-0.25, -0.2) is 0 Å². The highest BCUT2D eigenvalue weighted by Gasteiger charge is 2.18. The van der Waals surface area contributed by atoms with Crippen molar-refractivity contribution in [2.24, 2.45) is 0 Å². The highest BCUT2D eigenvalue weighted by molar-refractivity contribution is 6.01. The van der Waals surface area contributed by atoms with Crippen molar-refractivity contribution in [1.29, 1.82) is 5.26 Å². The summed E-state index contributed by atoms with van der Waals surface area (Å²) in [4.78, 5) is 22.4. The Labute approximate surface area is 128 Å². The maximum atomic E-state index is 12.1. The molecule has 0 heterocycles. The lowest BCUT2D eigenvalue weighted by Crippen LogP contribution is -2.36. The molecule has 2 rings (SSSR count). The number of non-ortho nitro benzene ring substituents is 1. The number of hydrogen-bond donors (Lipinski definition) is 1. The van der Waals surface area contributed by atoms with Crippen molar-refractivity contribution in [2.45, 2.75) is 38.1 Å². The van der Waals surface area contributed by atoms with Crippen LogP contribution in [0, 0.1) is 21.4 Å². The SMILES string of the molecule is N#C/C(=C/c1cccc([N+](=O)[O-])c1)C(=O)NC1CCCCC1. The smallest absolute Gasteiger partial charge is 0.270 e. The Kier molecular flexibility index (Phi) is 5.26. The predicted molar refractivity (Wildman–Crippen MR) is 81.7 cm³/mol. The molecule has 114 valence electrons. The first kappa shape index (κ1) is 15.7. The van der Waals surface area contributed by atoms with Gasteiger partial charge >= 0.3 is 0 Å². The molecular formula is C16H17N3O3. The largest absolute Gasteiger partial charge is 0.349 e. The van der Waals surface area contributed by atoms with Crippen molar-refractivity contribution in [3.05, 3.63) is 45.5 Å². The first-order valence-electron chi connectivity index (χ1n) is 7.27. The standard InChI is InChI=1S/C16H17N3O3/c17-11-13(16(20)18-14-6-2-1-3-7-14)9-12-5-4-8-15(10-12)19(21)22/h4-5,8-10,14H,1-3,6-7H2,(H,18,20)/b13-9-. The monoisotopic (exact) mass is 299 g/mol. The number of nitriles is 1. The molecule has 1 aromatic rings. The van der Waals surface area contributed by atoms with Gasteiger partial charge in [-0.1, -0.05) is 31.4 Å². The first-order valence-corrected chi connectivity index (χ1v) is 7.27. The van der Waals surface area contributed by atoms with E-state index in [4.69, 9.17) is 5.26 Å². The number of hydrogen-bond acceptors (Lipinski definition) is 4. The molecule has 1 aliphatic carbocycles. The summed E-state index contributed by atoms with van der Waals surface area (Å²) >= 11 is 0. The lowest BCUT2D eigenvalue weighted by Gasteiger charge is -2.22. The van der Waals surface area contributed by atoms with Gasteiger partial charge in [0.25, 0.3) is 11.6 Å². The molecule has 0 saturated heterocycles. The van der Waals surface area contributed by atoms with Crippen LogP contribution in [-0.2, 0) is 4.79 Å². The van der Waals surface area contributed by atoms with Crippen molar-refractivity contribution in [1.82, 2.24) is 5.32 Å². The second-order valence-electron chi connectivity index (χ2n) is 5.33. The van der Waals surface area contributed by atoms with Crippen molar-refractivity contribution < 1.29 is 9.72 Å². The van der Waals surface area contributed by atoms with Gasteiger partial charge in [-0.15, -0.1) is 0 Å². The number of rotatable bonds is 4. The van der Waals surface area contributed by atoms with Gasteiger partial charge in [-0.2, -0.15) is 5.26 Å². The van der Waals surface area contributed by atoms with Gasteiger partial charge in [-0.3, -0.25) is 14.9 Å². The second-order valence-corrected chi connectivity index (χ2v) is 5.33. The van der Waals surface area contributed by atoms with Gasteiger partial charge in [0.05, 0.1) is 4.92 Å². The van der Waals surface area contributed by atoms with Crippen LogP contribution in [0.2, 0.25) is 0 Å². The maximum absolute atomic E-state index is 12.1. The van der Waals surface area contributed by atoms with Crippen LogP contribution in [0.3, 0.4) is 0 Å². The fraction of sp³-hybridized carbons (Fsp3) is 0.375. The third-order valence-corrected chi connectivity index (χ3v) is 3.70. The summed E-state index contributed by atoms with van der Waals surface area (Å²) in [6.07, 6.45) is 6.59. The molecule has 22 heavy (non-hydrogen) atoms. The molecule has 0 radical (unpaired) electrons. The van der Waals surface area contributed by atoms with Crippen LogP contribution in [0.4, 0.5) is 5.69 Å². The van der Waals surface area contributed by atoms with Crippen LogP contribution in [-0.4, -0.2) is 16.9 Å². The number of nitrogens with one attached hydrogen (secondary N) is 1. The molecule has 0 aromatic heterocycles. The van der Waals surface area contributed by atoms with Crippen LogP contribution >= 0.6 is 0 Å². The van der Waals surface area contributed by atoms with E-state index in [1.807, 2.05) is 6.07 Å². The third kappa shape index (κ3) is 4.16. The maximum Gasteiger partial charge on any atom is 0.270 e. The van der Waals surface area contributed by atoms with Gasteiger partial charge < -0.3 is 5.32 Å². The van der Waals surface area contributed by atoms with Gasteiger partial charge in [0.2, 0.25) is 0 Å². The molecule has 0 bridgehead atoms. The lowest BCUT2D eigenvalue weighted by molar-refractivity contribution is -0.384. The van der Waals surface area contributed by atoms with E-state index in [1.54, 1.807) is 6.07 Å². The molecule has 1 aromatic carbocycles. The minimum Gasteiger partial charge on any atom is -0.349 e. The minimum atomic E-state index is -0.508. The number of carbonyl (C=O) groups is 1. The molecule has 1 amide bonds. The van der Waals surface area contributed by atoms with Crippen molar-refractivity contribution in [3.8, 4) is 6.07 Å². The van der Waals surface area contributed by atoms with Crippen LogP contribution in [0.25, 0.3) is 6.08 Å². The number of nitrogens with zero attached hydrogens (tertiary/aromatic N) is 2. The molecular weight excluding hydrogens is 282 g/mol. The third-order valence-electron chi connectivity index (χ3n) is 3.70. The fourth-order valence-corrected chi connectivity index (χ4v) is 2.55. The van der Waals surface area contributed by atoms with E-state index < -0.39 is 10.8 Å². The Bertz CT molecular complexity index is 640. The Morgan fingerprint density at radius 3 is 2.73 bits per heavy atom. The molecule has 1 N–H and O–H groups in total. The lowest BCUT2D eigenvalue weighted by atomic mass is 9.95. The highest BCUT2D eigenvalue weighted by Crippen LogP contribution is 2.19. The van der Waals surface area contributed by atoms with Gasteiger partial charge in [-0.05, 0) is 24.5 Å². The summed E-state index contributed by atoms with van der Waals surface area (Å²) in [6, 6.07) is 7.84. The summed E-state index contributed by atoms with van der Waals surface area (Å²) in [7, 11) is 0.